The van der Waals surface area contributed by atoms with Gasteiger partial charge in [0.15, 0.2) is 0 Å². The largest absolute Gasteiger partial charge is 0.486 e. The average Bonchev–Trinajstić information content (AvgIpc) is 3.02. The Morgan fingerprint density at radius 3 is 2.97 bits per heavy atom. The predicted octanol–water partition coefficient (Wildman–Crippen LogP) is 4.39. The molecule has 0 aliphatic carbocycles. The molecule has 8 nitrogen and oxygen atoms in total. The van der Waals surface area contributed by atoms with Crippen molar-refractivity contribution in [2.45, 2.75) is 12.5 Å². The van der Waals surface area contributed by atoms with Crippen molar-refractivity contribution < 1.29 is 24.1 Å². The van der Waals surface area contributed by atoms with E-state index < -0.39 is 30.9 Å². The van der Waals surface area contributed by atoms with Crippen LogP contribution in [0, 0.1) is 5.82 Å². The lowest BCUT2D eigenvalue weighted by Gasteiger charge is -2.17. The molecule has 3 aromatic rings. The number of amides is 1. The first kappa shape index (κ1) is 19.1. The van der Waals surface area contributed by atoms with E-state index in [4.69, 9.17) is 26.6 Å². The summed E-state index contributed by atoms with van der Waals surface area (Å²) in [7, 11) is 3.72. The highest BCUT2D eigenvalue weighted by atomic mass is 35.5. The maximum Gasteiger partial charge on any atom is 0.248 e. The number of aromatic nitrogens is 2. The summed E-state index contributed by atoms with van der Waals surface area (Å²) in [4.78, 5) is 23.1. The van der Waals surface area contributed by atoms with E-state index in [-0.39, 0.29) is 22.9 Å². The Morgan fingerprint density at radius 2 is 2.24 bits per heavy atom. The number of rotatable bonds is 8. The van der Waals surface area contributed by atoms with E-state index in [0.717, 1.165) is 0 Å². The van der Waals surface area contributed by atoms with E-state index in [1.165, 1.54) is 36.7 Å². The number of hydrogen-bond acceptors (Lipinski definition) is 7. The molecule has 2 N–H and O–H groups in total. The standard InChI is InChI=1S/C24H25ClFN5O3/c1-31(2)8-3-4-23(32)30-21-11-17-20(12-22(21)34-16-7-9-33-13-16)27-14-28-24(17)29-15-5-6-19(26)18(25)10-15/h3-6,10-12,14,16H,7-9,13H2,1-2H3,(H,30,32)(H,27,28,29)/b4-3+/t16-/m1/s1/i9D2,13D2. The van der Waals surface area contributed by atoms with Gasteiger partial charge in [0, 0.05) is 36.2 Å². The van der Waals surface area contributed by atoms with Crippen molar-refractivity contribution in [2.24, 2.45) is 0 Å². The summed E-state index contributed by atoms with van der Waals surface area (Å²) in [6.45, 7) is -4.10. The number of nitrogens with one attached hydrogen (secondary N) is 2. The highest BCUT2D eigenvalue weighted by Crippen LogP contribution is 2.35. The lowest BCUT2D eigenvalue weighted by Crippen LogP contribution is -2.18. The van der Waals surface area contributed by atoms with Crippen LogP contribution in [0.4, 0.5) is 21.6 Å². The summed E-state index contributed by atoms with van der Waals surface area (Å²) in [5.41, 5.74) is 1.03. The molecule has 178 valence electrons. The summed E-state index contributed by atoms with van der Waals surface area (Å²) in [6.07, 6.45) is 2.65. The molecule has 2 heterocycles. The Kier molecular flexibility index (Phi) is 6.04. The zero-order valence-corrected chi connectivity index (χ0v) is 19.2. The van der Waals surface area contributed by atoms with Gasteiger partial charge in [0.2, 0.25) is 5.91 Å². The molecule has 1 aliphatic heterocycles. The van der Waals surface area contributed by atoms with Crippen LogP contribution in [0.1, 0.15) is 11.9 Å². The van der Waals surface area contributed by atoms with Crippen molar-refractivity contribution in [1.29, 1.82) is 0 Å². The number of nitrogens with zero attached hydrogens (tertiary/aromatic N) is 3. The van der Waals surface area contributed by atoms with E-state index in [1.807, 2.05) is 19.0 Å². The molecule has 0 bridgehead atoms. The molecule has 10 heteroatoms. The highest BCUT2D eigenvalue weighted by Gasteiger charge is 2.20. The molecule has 0 saturated carbocycles. The zero-order valence-electron chi connectivity index (χ0n) is 22.4. The summed E-state index contributed by atoms with van der Waals surface area (Å²) < 4.78 is 56.0. The number of carbonyl (C=O) groups excluding carboxylic acids is 1. The van der Waals surface area contributed by atoms with Crippen LogP contribution in [-0.2, 0) is 9.53 Å². The number of likely N-dealkylation sites (N-methyl/N-ethyl adjacent to an activating group) is 1. The van der Waals surface area contributed by atoms with E-state index in [2.05, 4.69) is 20.6 Å². The predicted molar refractivity (Wildman–Crippen MR) is 130 cm³/mol. The van der Waals surface area contributed by atoms with Crippen LogP contribution in [0.25, 0.3) is 10.9 Å². The molecule has 1 amide bonds. The molecule has 4 rings (SSSR count). The minimum absolute atomic E-state index is 0.0662. The lowest BCUT2D eigenvalue weighted by atomic mass is 10.1. The number of ether oxygens (including phenoxy) is 2. The molecule has 1 saturated heterocycles. The second-order valence-corrected chi connectivity index (χ2v) is 8.08. The number of halogens is 2. The maximum absolute atomic E-state index is 13.6. The minimum atomic E-state index is -2.41. The second-order valence-electron chi connectivity index (χ2n) is 7.67. The average molecular weight is 490 g/mol. The molecule has 0 unspecified atom stereocenters. The second kappa shape index (κ2) is 10.8. The van der Waals surface area contributed by atoms with Crippen molar-refractivity contribution in [1.82, 2.24) is 14.9 Å². The van der Waals surface area contributed by atoms with Gasteiger partial charge in [0.25, 0.3) is 0 Å². The zero-order chi connectivity index (χ0) is 27.7. The number of carbonyl (C=O) groups is 1. The molecular weight excluding hydrogens is 461 g/mol. The van der Waals surface area contributed by atoms with Gasteiger partial charge in [-0.15, -0.1) is 0 Å². The highest BCUT2D eigenvalue weighted by molar-refractivity contribution is 6.31. The van der Waals surface area contributed by atoms with Crippen molar-refractivity contribution in [3.8, 4) is 5.75 Å². The molecule has 0 radical (unpaired) electrons. The van der Waals surface area contributed by atoms with E-state index >= 15 is 0 Å². The van der Waals surface area contributed by atoms with Crippen LogP contribution in [0.2, 0.25) is 5.02 Å². The normalized spacial score (nSPS) is 20.6. The fraction of sp³-hybridized carbons (Fsp3) is 0.292. The van der Waals surface area contributed by atoms with Gasteiger partial charge in [-0.1, -0.05) is 17.7 Å². The Balaban J connectivity index is 1.73. The third-order valence-corrected chi connectivity index (χ3v) is 5.01. The van der Waals surface area contributed by atoms with E-state index in [1.54, 1.807) is 12.1 Å². The fourth-order valence-corrected chi connectivity index (χ4v) is 3.30. The molecule has 1 atom stereocenters. The van der Waals surface area contributed by atoms with Crippen LogP contribution in [-0.4, -0.2) is 60.6 Å². The van der Waals surface area contributed by atoms with Gasteiger partial charge < -0.3 is 25.0 Å². The first-order valence-electron chi connectivity index (χ1n) is 12.3. The smallest absolute Gasteiger partial charge is 0.248 e. The molecule has 1 fully saturated rings. The Bertz CT molecular complexity index is 1390. The summed E-state index contributed by atoms with van der Waals surface area (Å²) in [5, 5.41) is 6.17. The summed E-state index contributed by atoms with van der Waals surface area (Å²) in [5.74, 6) is -0.636. The van der Waals surface area contributed by atoms with Crippen LogP contribution in [0.5, 0.6) is 5.75 Å². The SMILES string of the molecule is [2H]C1([2H])C[C@@H](Oc2cc3ncnc(Nc4ccc(F)c(Cl)c4)c3cc2NC(=O)/C=C/CN(C)C)C([2H])([2H])O1. The van der Waals surface area contributed by atoms with Crippen LogP contribution in [0.15, 0.2) is 48.8 Å². The van der Waals surface area contributed by atoms with Gasteiger partial charge in [0.1, 0.15) is 29.8 Å². The molecule has 0 spiro atoms. The topological polar surface area (TPSA) is 88.6 Å². The van der Waals surface area contributed by atoms with Crippen molar-refractivity contribution >= 4 is 45.6 Å². The van der Waals surface area contributed by atoms with Crippen LogP contribution < -0.4 is 15.4 Å². The number of anilines is 3. The monoisotopic (exact) mass is 489 g/mol. The van der Waals surface area contributed by atoms with Crippen molar-refractivity contribution in [2.75, 3.05) is 44.4 Å². The molecule has 34 heavy (non-hydrogen) atoms. The van der Waals surface area contributed by atoms with Gasteiger partial charge in [0.05, 0.1) is 34.8 Å². The summed E-state index contributed by atoms with van der Waals surface area (Å²) in [6, 6.07) is 7.14. The first-order valence-corrected chi connectivity index (χ1v) is 10.7. The van der Waals surface area contributed by atoms with Crippen LogP contribution >= 0.6 is 11.6 Å². The maximum atomic E-state index is 13.6. The van der Waals surface area contributed by atoms with Gasteiger partial charge in [-0.2, -0.15) is 0 Å². The van der Waals surface area contributed by atoms with E-state index in [9.17, 15) is 9.18 Å². The molecule has 1 aliphatic rings. The van der Waals surface area contributed by atoms with Gasteiger partial charge in [-0.05, 0) is 38.4 Å². The van der Waals surface area contributed by atoms with Gasteiger partial charge >= 0.3 is 0 Å². The van der Waals surface area contributed by atoms with Gasteiger partial charge in [-0.25, -0.2) is 14.4 Å². The lowest BCUT2D eigenvalue weighted by molar-refractivity contribution is -0.111. The van der Waals surface area contributed by atoms with Crippen molar-refractivity contribution in [3.05, 3.63) is 59.7 Å². The Hall–Kier alpha value is -3.27. The first-order chi connectivity index (χ1) is 17.8. The van der Waals surface area contributed by atoms with E-state index in [0.29, 0.717) is 29.0 Å². The third kappa shape index (κ3) is 5.99. The van der Waals surface area contributed by atoms with Crippen molar-refractivity contribution in [3.63, 3.8) is 0 Å². The fourth-order valence-electron chi connectivity index (χ4n) is 3.12. The molecule has 1 aromatic heterocycles. The molecule has 2 aromatic carbocycles. The summed E-state index contributed by atoms with van der Waals surface area (Å²) >= 11 is 5.90. The Morgan fingerprint density at radius 1 is 1.38 bits per heavy atom. The number of fused-ring (bicyclic) bond motifs is 1. The number of benzene rings is 2. The number of hydrogen-bond donors (Lipinski definition) is 2. The van der Waals surface area contributed by atoms with Crippen LogP contribution in [0.3, 0.4) is 0 Å². The van der Waals surface area contributed by atoms with Gasteiger partial charge in [-0.3, -0.25) is 4.79 Å². The molecular formula is C24H25ClFN5O3. The Labute approximate surface area is 207 Å². The quantitative estimate of drug-likeness (QED) is 0.453. The third-order valence-electron chi connectivity index (χ3n) is 4.72. The minimum Gasteiger partial charge on any atom is -0.486 e.